The number of hydrogen-bond donors (Lipinski definition) is 2. The van der Waals surface area contributed by atoms with Crippen molar-refractivity contribution >= 4 is 27.4 Å². The maximum absolute atomic E-state index is 12.6. The molecule has 10 nitrogen and oxygen atoms in total. The van der Waals surface area contributed by atoms with E-state index in [-0.39, 0.29) is 28.5 Å². The average Bonchev–Trinajstić information content (AvgIpc) is 3.22. The van der Waals surface area contributed by atoms with Gasteiger partial charge in [-0.25, -0.2) is 8.42 Å². The summed E-state index contributed by atoms with van der Waals surface area (Å²) in [6, 6.07) is 7.05. The van der Waals surface area contributed by atoms with Crippen molar-refractivity contribution in [2.45, 2.75) is 23.8 Å². The first-order chi connectivity index (χ1) is 13.4. The van der Waals surface area contributed by atoms with Crippen LogP contribution in [0.4, 0.5) is 11.5 Å². The van der Waals surface area contributed by atoms with E-state index in [0.717, 1.165) is 6.42 Å². The second kappa shape index (κ2) is 8.40. The molecule has 1 saturated heterocycles. The summed E-state index contributed by atoms with van der Waals surface area (Å²) >= 11 is 0. The molecule has 1 aromatic carbocycles. The fraction of sp³-hybridized carbons (Fsp3) is 0.353. The summed E-state index contributed by atoms with van der Waals surface area (Å²) in [5.41, 5.74) is 0.477. The molecule has 2 heterocycles. The van der Waals surface area contributed by atoms with Gasteiger partial charge in [0.2, 0.25) is 5.88 Å². The Morgan fingerprint density at radius 3 is 2.54 bits per heavy atom. The van der Waals surface area contributed by atoms with E-state index in [2.05, 4.69) is 20.0 Å². The van der Waals surface area contributed by atoms with Gasteiger partial charge >= 0.3 is 6.01 Å². The molecular formula is C17H20N4O6S. The maximum atomic E-state index is 12.6. The minimum atomic E-state index is -3.91. The zero-order valence-electron chi connectivity index (χ0n) is 15.3. The van der Waals surface area contributed by atoms with Gasteiger partial charge in [0.1, 0.15) is 6.10 Å². The van der Waals surface area contributed by atoms with Gasteiger partial charge in [0.25, 0.3) is 15.9 Å². The van der Waals surface area contributed by atoms with Crippen molar-refractivity contribution in [3.63, 3.8) is 0 Å². The molecule has 150 valence electrons. The van der Waals surface area contributed by atoms with E-state index in [4.69, 9.17) is 14.2 Å². The second-order valence-corrected chi connectivity index (χ2v) is 7.59. The quantitative estimate of drug-likeness (QED) is 0.704. The Morgan fingerprint density at radius 2 is 1.93 bits per heavy atom. The van der Waals surface area contributed by atoms with Gasteiger partial charge in [0, 0.05) is 18.4 Å². The standard InChI is InChI=1S/C17H20N4O6S/c1-25-15-10-14(19-17(20-15)26-2)21-28(23,24)12-7-5-11(6-8-12)18-16(22)13-4-3-9-27-13/h5-8,10,13H,3-4,9H2,1-2H3,(H,18,22)(H,19,20,21)/t13-/m1/s1. The van der Waals surface area contributed by atoms with Crippen LogP contribution in [0.1, 0.15) is 12.8 Å². The lowest BCUT2D eigenvalue weighted by molar-refractivity contribution is -0.124. The highest BCUT2D eigenvalue weighted by Gasteiger charge is 2.24. The third kappa shape index (κ3) is 4.67. The van der Waals surface area contributed by atoms with Crippen LogP contribution in [0.25, 0.3) is 0 Å². The van der Waals surface area contributed by atoms with Crippen molar-refractivity contribution in [2.75, 3.05) is 30.9 Å². The number of benzene rings is 1. The minimum Gasteiger partial charge on any atom is -0.481 e. The summed E-state index contributed by atoms with van der Waals surface area (Å²) in [6.07, 6.45) is 1.06. The molecular weight excluding hydrogens is 388 g/mol. The van der Waals surface area contributed by atoms with Crippen molar-refractivity contribution in [3.8, 4) is 11.9 Å². The molecule has 0 spiro atoms. The Morgan fingerprint density at radius 1 is 1.18 bits per heavy atom. The molecule has 0 bridgehead atoms. The van der Waals surface area contributed by atoms with Crippen LogP contribution in [-0.2, 0) is 19.6 Å². The summed E-state index contributed by atoms with van der Waals surface area (Å²) < 4.78 is 42.7. The number of nitrogens with one attached hydrogen (secondary N) is 2. The SMILES string of the molecule is COc1cc(NS(=O)(=O)c2ccc(NC(=O)[C@H]3CCCO3)cc2)nc(OC)n1. The zero-order chi connectivity index (χ0) is 20.1. The van der Waals surface area contributed by atoms with E-state index in [1.165, 1.54) is 44.6 Å². The molecule has 1 fully saturated rings. The smallest absolute Gasteiger partial charge is 0.321 e. The van der Waals surface area contributed by atoms with Gasteiger partial charge in [-0.1, -0.05) is 0 Å². The molecule has 1 aromatic heterocycles. The fourth-order valence-electron chi connectivity index (χ4n) is 2.57. The summed E-state index contributed by atoms with van der Waals surface area (Å²) in [6.45, 7) is 0.569. The van der Waals surface area contributed by atoms with Crippen molar-refractivity contribution in [3.05, 3.63) is 30.3 Å². The minimum absolute atomic E-state index is 0.000499. The normalized spacial score (nSPS) is 16.4. The van der Waals surface area contributed by atoms with Gasteiger partial charge in [-0.3, -0.25) is 9.52 Å². The first-order valence-corrected chi connectivity index (χ1v) is 9.92. The summed E-state index contributed by atoms with van der Waals surface area (Å²) in [5.74, 6) is -0.0948. The predicted octanol–water partition coefficient (Wildman–Crippen LogP) is 1.41. The largest absolute Gasteiger partial charge is 0.481 e. The summed E-state index contributed by atoms with van der Waals surface area (Å²) in [5, 5.41) is 2.71. The van der Waals surface area contributed by atoms with Crippen LogP contribution in [0.15, 0.2) is 35.2 Å². The number of amides is 1. The molecule has 1 aliphatic heterocycles. The van der Waals surface area contributed by atoms with Gasteiger partial charge in [-0.05, 0) is 37.1 Å². The third-order valence-electron chi connectivity index (χ3n) is 3.97. The maximum Gasteiger partial charge on any atom is 0.321 e. The molecule has 1 aliphatic rings. The number of sulfonamides is 1. The van der Waals surface area contributed by atoms with Crippen LogP contribution in [-0.4, -0.2) is 51.2 Å². The van der Waals surface area contributed by atoms with Crippen LogP contribution < -0.4 is 19.5 Å². The molecule has 0 radical (unpaired) electrons. The molecule has 0 aliphatic carbocycles. The Hall–Kier alpha value is -2.92. The number of carbonyl (C=O) groups is 1. The molecule has 28 heavy (non-hydrogen) atoms. The number of rotatable bonds is 7. The molecule has 3 rings (SSSR count). The Labute approximate surface area is 162 Å². The second-order valence-electron chi connectivity index (χ2n) is 5.90. The van der Waals surface area contributed by atoms with E-state index < -0.39 is 16.1 Å². The predicted molar refractivity (Wildman–Crippen MR) is 100.0 cm³/mol. The van der Waals surface area contributed by atoms with Crippen molar-refractivity contribution < 1.29 is 27.4 Å². The lowest BCUT2D eigenvalue weighted by Crippen LogP contribution is -2.26. The number of carbonyl (C=O) groups excluding carboxylic acids is 1. The van der Waals surface area contributed by atoms with E-state index in [1.54, 1.807) is 0 Å². The summed E-state index contributed by atoms with van der Waals surface area (Å²) in [4.78, 5) is 19.9. The molecule has 2 aromatic rings. The summed E-state index contributed by atoms with van der Waals surface area (Å²) in [7, 11) is -1.16. The van der Waals surface area contributed by atoms with Crippen LogP contribution in [0, 0.1) is 0 Å². The molecule has 0 saturated carbocycles. The lowest BCUT2D eigenvalue weighted by atomic mass is 10.2. The van der Waals surface area contributed by atoms with Crippen molar-refractivity contribution in [1.82, 2.24) is 9.97 Å². The Balaban J connectivity index is 1.72. The van der Waals surface area contributed by atoms with Crippen LogP contribution in [0.3, 0.4) is 0 Å². The third-order valence-corrected chi connectivity index (χ3v) is 5.34. The number of aromatic nitrogens is 2. The highest BCUT2D eigenvalue weighted by molar-refractivity contribution is 7.92. The molecule has 0 unspecified atom stereocenters. The monoisotopic (exact) mass is 408 g/mol. The van der Waals surface area contributed by atoms with Gasteiger partial charge in [-0.15, -0.1) is 0 Å². The molecule has 1 amide bonds. The van der Waals surface area contributed by atoms with E-state index >= 15 is 0 Å². The first kappa shape index (κ1) is 19.8. The highest BCUT2D eigenvalue weighted by Crippen LogP contribution is 2.22. The van der Waals surface area contributed by atoms with Crippen molar-refractivity contribution in [2.24, 2.45) is 0 Å². The van der Waals surface area contributed by atoms with Gasteiger partial charge in [0.05, 0.1) is 19.1 Å². The van der Waals surface area contributed by atoms with Crippen LogP contribution in [0.2, 0.25) is 0 Å². The number of hydrogen-bond acceptors (Lipinski definition) is 8. The number of nitrogens with zero attached hydrogens (tertiary/aromatic N) is 2. The molecule has 2 N–H and O–H groups in total. The highest BCUT2D eigenvalue weighted by atomic mass is 32.2. The number of methoxy groups -OCH3 is 2. The Kier molecular flexibility index (Phi) is 5.95. The van der Waals surface area contributed by atoms with Crippen molar-refractivity contribution in [1.29, 1.82) is 0 Å². The van der Waals surface area contributed by atoms with Crippen LogP contribution >= 0.6 is 0 Å². The molecule has 1 atom stereocenters. The zero-order valence-corrected chi connectivity index (χ0v) is 16.2. The van der Waals surface area contributed by atoms with E-state index in [1.807, 2.05) is 0 Å². The van der Waals surface area contributed by atoms with E-state index in [0.29, 0.717) is 18.7 Å². The first-order valence-electron chi connectivity index (χ1n) is 8.43. The van der Waals surface area contributed by atoms with Gasteiger partial charge in [0.15, 0.2) is 5.82 Å². The van der Waals surface area contributed by atoms with Crippen LogP contribution in [0.5, 0.6) is 11.9 Å². The lowest BCUT2D eigenvalue weighted by Gasteiger charge is -2.12. The van der Waals surface area contributed by atoms with Gasteiger partial charge < -0.3 is 19.5 Å². The number of ether oxygens (including phenoxy) is 3. The van der Waals surface area contributed by atoms with Gasteiger partial charge in [-0.2, -0.15) is 9.97 Å². The molecule has 11 heteroatoms. The number of anilines is 2. The van der Waals surface area contributed by atoms with E-state index in [9.17, 15) is 13.2 Å². The topological polar surface area (TPSA) is 129 Å². The fourth-order valence-corrected chi connectivity index (χ4v) is 3.57. The Bertz CT molecular complexity index is 920. The average molecular weight is 408 g/mol.